The van der Waals surface area contributed by atoms with Gasteiger partial charge in [0.15, 0.2) is 0 Å². The molecule has 1 heteroatoms. The molecule has 3 aromatic carbocycles. The Morgan fingerprint density at radius 1 is 0.441 bits per heavy atom. The van der Waals surface area contributed by atoms with Gasteiger partial charge in [0.2, 0.25) is 0 Å². The molecule has 0 aliphatic heterocycles. The molecule has 0 aliphatic rings. The Labute approximate surface area is 210 Å². The zero-order valence-electron chi connectivity index (χ0n) is 22.2. The molecule has 3 rings (SSSR count). The lowest BCUT2D eigenvalue weighted by atomic mass is 10.1. The van der Waals surface area contributed by atoms with E-state index in [1.165, 1.54) is 87.1 Å². The van der Waals surface area contributed by atoms with E-state index >= 15 is 0 Å². The van der Waals surface area contributed by atoms with E-state index in [2.05, 4.69) is 100 Å². The fourth-order valence-electron chi connectivity index (χ4n) is 5.56. The van der Waals surface area contributed by atoms with Crippen molar-refractivity contribution < 1.29 is 0 Å². The molecule has 0 nitrogen and oxygen atoms in total. The van der Waals surface area contributed by atoms with Crippen molar-refractivity contribution >= 4 is 23.2 Å². The summed E-state index contributed by atoms with van der Waals surface area (Å²) in [6.45, 7) is 9.25. The van der Waals surface area contributed by atoms with E-state index in [4.69, 9.17) is 0 Å². The SMILES string of the molecule is CCCCCCCCCCCC[P+](c1ccccc1C)(c1ccccc1C)c1ccccc1C. The second-order valence-corrected chi connectivity index (χ2v) is 13.6. The molecule has 0 aliphatic carbocycles. The number of hydrogen-bond acceptors (Lipinski definition) is 0. The smallest absolute Gasteiger partial charge is 0.0654 e. The van der Waals surface area contributed by atoms with E-state index in [1.54, 1.807) is 15.9 Å². The Hall–Kier alpha value is -1.91. The molecule has 182 valence electrons. The monoisotopic (exact) mass is 473 g/mol. The third kappa shape index (κ3) is 6.60. The summed E-state index contributed by atoms with van der Waals surface area (Å²) in [4.78, 5) is 0. The Balaban J connectivity index is 1.86. The minimum absolute atomic E-state index is 1.27. The summed E-state index contributed by atoms with van der Waals surface area (Å²) in [6.07, 6.45) is 15.1. The molecule has 0 atom stereocenters. The van der Waals surface area contributed by atoms with Crippen LogP contribution in [0, 0.1) is 20.8 Å². The van der Waals surface area contributed by atoms with Gasteiger partial charge in [-0.25, -0.2) is 0 Å². The molecule has 0 spiro atoms. The molecule has 0 fully saturated rings. The number of rotatable bonds is 14. The van der Waals surface area contributed by atoms with Gasteiger partial charge in [0, 0.05) is 0 Å². The molecule has 0 unspecified atom stereocenters. The van der Waals surface area contributed by atoms with Crippen LogP contribution in [-0.4, -0.2) is 6.16 Å². The molecular weight excluding hydrogens is 427 g/mol. The van der Waals surface area contributed by atoms with Gasteiger partial charge in [0.25, 0.3) is 0 Å². The van der Waals surface area contributed by atoms with Gasteiger partial charge >= 0.3 is 0 Å². The fourth-order valence-corrected chi connectivity index (χ4v) is 10.8. The number of hydrogen-bond donors (Lipinski definition) is 0. The fraction of sp³-hybridized carbons (Fsp3) is 0.455. The van der Waals surface area contributed by atoms with Gasteiger partial charge in [-0.05, 0) is 68.5 Å². The maximum Gasteiger partial charge on any atom is 0.112 e. The molecule has 0 radical (unpaired) electrons. The first-order valence-corrected chi connectivity index (χ1v) is 15.7. The zero-order valence-corrected chi connectivity index (χ0v) is 23.0. The molecule has 0 N–H and O–H groups in total. The third-order valence-corrected chi connectivity index (χ3v) is 12.4. The van der Waals surface area contributed by atoms with Gasteiger partial charge in [-0.1, -0.05) is 113 Å². The van der Waals surface area contributed by atoms with Crippen LogP contribution in [0.25, 0.3) is 0 Å². The summed E-state index contributed by atoms with van der Waals surface area (Å²) in [5.74, 6) is 0. The van der Waals surface area contributed by atoms with Crippen molar-refractivity contribution in [2.24, 2.45) is 0 Å². The molecule has 34 heavy (non-hydrogen) atoms. The van der Waals surface area contributed by atoms with Crippen LogP contribution in [-0.2, 0) is 0 Å². The first kappa shape index (κ1) is 26.7. The minimum atomic E-state index is -1.74. The lowest BCUT2D eigenvalue weighted by Crippen LogP contribution is -2.37. The lowest BCUT2D eigenvalue weighted by molar-refractivity contribution is 0.563. The highest BCUT2D eigenvalue weighted by molar-refractivity contribution is 7.96. The quantitative estimate of drug-likeness (QED) is 0.162. The van der Waals surface area contributed by atoms with Crippen LogP contribution in [0.1, 0.15) is 87.8 Å². The molecule has 0 amide bonds. The normalized spacial score (nSPS) is 11.6. The van der Waals surface area contributed by atoms with E-state index in [0.29, 0.717) is 0 Å². The molecule has 0 saturated carbocycles. The van der Waals surface area contributed by atoms with E-state index in [1.807, 2.05) is 0 Å². The summed E-state index contributed by atoms with van der Waals surface area (Å²) in [5, 5.41) is 4.73. The van der Waals surface area contributed by atoms with E-state index < -0.39 is 7.26 Å². The maximum atomic E-state index is 2.43. The summed E-state index contributed by atoms with van der Waals surface area (Å²) in [5.41, 5.74) is 4.32. The Bertz CT molecular complexity index is 892. The van der Waals surface area contributed by atoms with Crippen LogP contribution in [0.4, 0.5) is 0 Å². The van der Waals surface area contributed by atoms with E-state index in [0.717, 1.165) is 0 Å². The first-order valence-electron chi connectivity index (χ1n) is 13.7. The number of aryl methyl sites for hydroxylation is 3. The third-order valence-electron chi connectivity index (χ3n) is 7.43. The number of benzene rings is 3. The van der Waals surface area contributed by atoms with Crippen molar-refractivity contribution in [3.63, 3.8) is 0 Å². The predicted octanol–water partition coefficient (Wildman–Crippen LogP) is 8.83. The van der Waals surface area contributed by atoms with Crippen LogP contribution in [0.3, 0.4) is 0 Å². The van der Waals surface area contributed by atoms with Crippen LogP contribution in [0.2, 0.25) is 0 Å². The second kappa shape index (κ2) is 13.8. The molecule has 0 heterocycles. The molecule has 0 aromatic heterocycles. The largest absolute Gasteiger partial charge is 0.112 e. The van der Waals surface area contributed by atoms with Crippen molar-refractivity contribution in [1.29, 1.82) is 0 Å². The predicted molar refractivity (Wildman–Crippen MR) is 156 cm³/mol. The van der Waals surface area contributed by atoms with Crippen molar-refractivity contribution in [1.82, 2.24) is 0 Å². The van der Waals surface area contributed by atoms with Crippen molar-refractivity contribution in [2.45, 2.75) is 91.9 Å². The molecule has 3 aromatic rings. The van der Waals surface area contributed by atoms with Gasteiger partial charge in [-0.2, -0.15) is 0 Å². The topological polar surface area (TPSA) is 0 Å². The van der Waals surface area contributed by atoms with Gasteiger partial charge in [-0.15, -0.1) is 0 Å². The zero-order chi connectivity index (χ0) is 24.2. The Morgan fingerprint density at radius 2 is 0.765 bits per heavy atom. The summed E-state index contributed by atoms with van der Waals surface area (Å²) >= 11 is 0. The van der Waals surface area contributed by atoms with Gasteiger partial charge in [0.05, 0.1) is 6.16 Å². The Kier molecular flexibility index (Phi) is 10.9. The minimum Gasteiger partial charge on any atom is -0.0654 e. The summed E-state index contributed by atoms with van der Waals surface area (Å²) in [7, 11) is -1.74. The average Bonchev–Trinajstić information content (AvgIpc) is 2.85. The van der Waals surface area contributed by atoms with Gasteiger partial charge in [0.1, 0.15) is 23.2 Å². The van der Waals surface area contributed by atoms with Gasteiger partial charge < -0.3 is 0 Å². The summed E-state index contributed by atoms with van der Waals surface area (Å²) < 4.78 is 0. The maximum absolute atomic E-state index is 2.43. The van der Waals surface area contributed by atoms with Crippen LogP contribution in [0.5, 0.6) is 0 Å². The molecule has 0 saturated heterocycles. The average molecular weight is 474 g/mol. The Morgan fingerprint density at radius 3 is 1.12 bits per heavy atom. The lowest BCUT2D eigenvalue weighted by Gasteiger charge is -2.31. The van der Waals surface area contributed by atoms with Gasteiger partial charge in [-0.3, -0.25) is 0 Å². The second-order valence-electron chi connectivity index (χ2n) is 10.1. The highest BCUT2D eigenvalue weighted by atomic mass is 31.2. The van der Waals surface area contributed by atoms with Crippen LogP contribution in [0.15, 0.2) is 72.8 Å². The highest BCUT2D eigenvalue weighted by Crippen LogP contribution is 2.58. The first-order chi connectivity index (χ1) is 16.6. The van der Waals surface area contributed by atoms with Crippen molar-refractivity contribution in [2.75, 3.05) is 6.16 Å². The van der Waals surface area contributed by atoms with Crippen molar-refractivity contribution in [3.8, 4) is 0 Å². The highest BCUT2D eigenvalue weighted by Gasteiger charge is 2.47. The van der Waals surface area contributed by atoms with E-state index in [-0.39, 0.29) is 0 Å². The van der Waals surface area contributed by atoms with Crippen LogP contribution >= 0.6 is 7.26 Å². The molecule has 0 bridgehead atoms. The standard InChI is InChI=1S/C33H46P/c1-5-6-7-8-9-10-11-12-13-20-27-34(31-24-17-14-21-28(31)2,32-25-18-15-22-29(32)3)33-26-19-16-23-30(33)4/h14-19,21-26H,5-13,20,27H2,1-4H3/q+1. The number of unbranched alkanes of at least 4 members (excludes halogenated alkanes) is 9. The van der Waals surface area contributed by atoms with Crippen LogP contribution < -0.4 is 15.9 Å². The summed E-state index contributed by atoms with van der Waals surface area (Å²) in [6, 6.07) is 27.6. The van der Waals surface area contributed by atoms with E-state index in [9.17, 15) is 0 Å². The molecular formula is C33H46P+. The van der Waals surface area contributed by atoms with Crippen molar-refractivity contribution in [3.05, 3.63) is 89.5 Å².